The fourth-order valence-corrected chi connectivity index (χ4v) is 5.41. The first kappa shape index (κ1) is 18.0. The van der Waals surface area contributed by atoms with Crippen molar-refractivity contribution in [2.24, 2.45) is 28.6 Å². The molecule has 2 heteroatoms. The fourth-order valence-electron chi connectivity index (χ4n) is 5.41. The standard InChI is InChI=1S/C20H36O2/c1-14(11-13-21)6-8-16-15(2)7-9-17-19(3,4)18(22)10-12-20(16,17)5/h7,14,16-18,21-22H,6,8-13H2,1-5H3. The van der Waals surface area contributed by atoms with E-state index in [-0.39, 0.29) is 11.5 Å². The van der Waals surface area contributed by atoms with Crippen LogP contribution in [0.1, 0.15) is 73.1 Å². The van der Waals surface area contributed by atoms with Crippen molar-refractivity contribution in [1.29, 1.82) is 0 Å². The largest absolute Gasteiger partial charge is 0.396 e. The molecule has 2 aliphatic rings. The molecule has 128 valence electrons. The molecule has 2 N–H and O–H groups in total. The van der Waals surface area contributed by atoms with Crippen LogP contribution < -0.4 is 0 Å². The minimum atomic E-state index is -0.161. The van der Waals surface area contributed by atoms with E-state index in [9.17, 15) is 5.11 Å². The predicted molar refractivity (Wildman–Crippen MR) is 92.6 cm³/mol. The number of rotatable bonds is 5. The number of hydrogen-bond donors (Lipinski definition) is 2. The van der Waals surface area contributed by atoms with Gasteiger partial charge in [-0.1, -0.05) is 45.8 Å². The van der Waals surface area contributed by atoms with Crippen LogP contribution in [0.2, 0.25) is 0 Å². The molecule has 0 spiro atoms. The van der Waals surface area contributed by atoms with E-state index in [1.807, 2.05) is 0 Å². The Labute approximate surface area is 137 Å². The number of aliphatic hydroxyl groups is 2. The maximum absolute atomic E-state index is 10.5. The van der Waals surface area contributed by atoms with Gasteiger partial charge in [0, 0.05) is 6.61 Å². The minimum Gasteiger partial charge on any atom is -0.396 e. The Kier molecular flexibility index (Phi) is 5.44. The smallest absolute Gasteiger partial charge is 0.0594 e. The Morgan fingerprint density at radius 2 is 1.95 bits per heavy atom. The first-order valence-corrected chi connectivity index (χ1v) is 9.19. The normalized spacial score (nSPS) is 39.0. The molecule has 0 saturated heterocycles. The van der Waals surface area contributed by atoms with Gasteiger partial charge in [-0.05, 0) is 67.6 Å². The Hall–Kier alpha value is -0.340. The van der Waals surface area contributed by atoms with Crippen molar-refractivity contribution in [3.63, 3.8) is 0 Å². The molecule has 2 nitrogen and oxygen atoms in total. The molecule has 0 amide bonds. The highest BCUT2D eigenvalue weighted by Gasteiger charge is 2.54. The van der Waals surface area contributed by atoms with Crippen LogP contribution in [-0.2, 0) is 0 Å². The van der Waals surface area contributed by atoms with Crippen LogP contribution >= 0.6 is 0 Å². The average Bonchev–Trinajstić information content (AvgIpc) is 2.43. The second-order valence-electron chi connectivity index (χ2n) is 8.87. The van der Waals surface area contributed by atoms with E-state index in [2.05, 4.69) is 40.7 Å². The number of hydrogen-bond acceptors (Lipinski definition) is 2. The number of allylic oxidation sites excluding steroid dienone is 2. The van der Waals surface area contributed by atoms with Gasteiger partial charge in [0.25, 0.3) is 0 Å². The van der Waals surface area contributed by atoms with Gasteiger partial charge in [-0.3, -0.25) is 0 Å². The van der Waals surface area contributed by atoms with Crippen LogP contribution in [0.15, 0.2) is 11.6 Å². The van der Waals surface area contributed by atoms with E-state index in [0.717, 1.165) is 25.7 Å². The minimum absolute atomic E-state index is 0.0131. The van der Waals surface area contributed by atoms with Crippen LogP contribution in [0.4, 0.5) is 0 Å². The molecule has 1 fully saturated rings. The van der Waals surface area contributed by atoms with E-state index < -0.39 is 0 Å². The number of aliphatic hydroxyl groups excluding tert-OH is 2. The molecule has 22 heavy (non-hydrogen) atoms. The van der Waals surface area contributed by atoms with Gasteiger partial charge in [0.05, 0.1) is 6.10 Å². The van der Waals surface area contributed by atoms with Gasteiger partial charge < -0.3 is 10.2 Å². The summed E-state index contributed by atoms with van der Waals surface area (Å²) in [6.45, 7) is 11.9. The molecule has 0 heterocycles. The maximum Gasteiger partial charge on any atom is 0.0594 e. The monoisotopic (exact) mass is 308 g/mol. The van der Waals surface area contributed by atoms with Crippen molar-refractivity contribution < 1.29 is 10.2 Å². The first-order valence-electron chi connectivity index (χ1n) is 9.19. The van der Waals surface area contributed by atoms with E-state index in [1.54, 1.807) is 5.57 Å². The lowest BCUT2D eigenvalue weighted by molar-refractivity contribution is -0.116. The summed E-state index contributed by atoms with van der Waals surface area (Å²) in [6, 6.07) is 0. The summed E-state index contributed by atoms with van der Waals surface area (Å²) >= 11 is 0. The van der Waals surface area contributed by atoms with Crippen LogP contribution in [0, 0.1) is 28.6 Å². The van der Waals surface area contributed by atoms with Crippen molar-refractivity contribution in [1.82, 2.24) is 0 Å². The zero-order valence-corrected chi connectivity index (χ0v) is 15.2. The molecule has 0 aromatic rings. The topological polar surface area (TPSA) is 40.5 Å². The lowest BCUT2D eigenvalue weighted by atomic mass is 9.47. The van der Waals surface area contributed by atoms with Crippen molar-refractivity contribution in [3.05, 3.63) is 11.6 Å². The van der Waals surface area contributed by atoms with Gasteiger partial charge in [0.1, 0.15) is 0 Å². The van der Waals surface area contributed by atoms with Gasteiger partial charge >= 0.3 is 0 Å². The Morgan fingerprint density at radius 3 is 2.59 bits per heavy atom. The summed E-state index contributed by atoms with van der Waals surface area (Å²) in [5.41, 5.74) is 1.89. The third-order valence-corrected chi connectivity index (χ3v) is 7.10. The predicted octanol–water partition coefficient (Wildman–Crippen LogP) is 4.55. The number of fused-ring (bicyclic) bond motifs is 1. The van der Waals surface area contributed by atoms with Crippen LogP contribution in [-0.4, -0.2) is 22.9 Å². The molecule has 1 saturated carbocycles. The Balaban J connectivity index is 2.18. The zero-order valence-electron chi connectivity index (χ0n) is 15.2. The van der Waals surface area contributed by atoms with E-state index in [0.29, 0.717) is 29.8 Å². The molecular formula is C20H36O2. The molecule has 2 rings (SSSR count). The van der Waals surface area contributed by atoms with Crippen molar-refractivity contribution in [3.8, 4) is 0 Å². The van der Waals surface area contributed by atoms with Crippen LogP contribution in [0.5, 0.6) is 0 Å². The molecule has 0 aliphatic heterocycles. The summed E-state index contributed by atoms with van der Waals surface area (Å²) in [5, 5.41) is 19.6. The molecule has 5 atom stereocenters. The van der Waals surface area contributed by atoms with Crippen molar-refractivity contribution in [2.45, 2.75) is 79.2 Å². The fraction of sp³-hybridized carbons (Fsp3) is 0.900. The molecule has 0 aromatic carbocycles. The van der Waals surface area contributed by atoms with Gasteiger partial charge in [0.2, 0.25) is 0 Å². The Bertz CT molecular complexity index is 412. The van der Waals surface area contributed by atoms with Crippen molar-refractivity contribution >= 4 is 0 Å². The third kappa shape index (κ3) is 3.14. The summed E-state index contributed by atoms with van der Waals surface area (Å²) in [7, 11) is 0. The summed E-state index contributed by atoms with van der Waals surface area (Å²) in [4.78, 5) is 0. The van der Waals surface area contributed by atoms with Gasteiger partial charge in [-0.25, -0.2) is 0 Å². The lowest BCUT2D eigenvalue weighted by Gasteiger charge is -2.58. The third-order valence-electron chi connectivity index (χ3n) is 7.10. The first-order chi connectivity index (χ1) is 10.2. The highest BCUT2D eigenvalue weighted by molar-refractivity contribution is 5.19. The SMILES string of the molecule is CC1=CCC2C(C)(C)C(O)CCC2(C)C1CCC(C)CCO. The molecule has 0 radical (unpaired) electrons. The zero-order chi connectivity index (χ0) is 16.5. The summed E-state index contributed by atoms with van der Waals surface area (Å²) in [5.74, 6) is 1.81. The Morgan fingerprint density at radius 1 is 1.27 bits per heavy atom. The van der Waals surface area contributed by atoms with E-state index >= 15 is 0 Å². The highest BCUT2D eigenvalue weighted by Crippen LogP contribution is 2.60. The van der Waals surface area contributed by atoms with Crippen LogP contribution in [0.3, 0.4) is 0 Å². The molecular weight excluding hydrogens is 272 g/mol. The average molecular weight is 309 g/mol. The molecule has 0 bridgehead atoms. The second kappa shape index (κ2) is 6.65. The molecule has 0 aromatic heterocycles. The lowest BCUT2D eigenvalue weighted by Crippen LogP contribution is -2.54. The van der Waals surface area contributed by atoms with Gasteiger partial charge in [-0.2, -0.15) is 0 Å². The van der Waals surface area contributed by atoms with E-state index in [4.69, 9.17) is 5.11 Å². The quantitative estimate of drug-likeness (QED) is 0.731. The van der Waals surface area contributed by atoms with Gasteiger partial charge in [-0.15, -0.1) is 0 Å². The molecule has 2 aliphatic carbocycles. The summed E-state index contributed by atoms with van der Waals surface area (Å²) < 4.78 is 0. The van der Waals surface area contributed by atoms with Crippen molar-refractivity contribution in [2.75, 3.05) is 6.61 Å². The molecule has 5 unspecified atom stereocenters. The van der Waals surface area contributed by atoms with Gasteiger partial charge in [0.15, 0.2) is 0 Å². The summed E-state index contributed by atoms with van der Waals surface area (Å²) in [6.07, 6.45) is 8.82. The maximum atomic E-state index is 10.5. The van der Waals surface area contributed by atoms with Crippen LogP contribution in [0.25, 0.3) is 0 Å². The van der Waals surface area contributed by atoms with E-state index in [1.165, 1.54) is 12.8 Å². The second-order valence-corrected chi connectivity index (χ2v) is 8.87. The highest BCUT2D eigenvalue weighted by atomic mass is 16.3.